The molecule has 2 aromatic carbocycles. The van der Waals surface area contributed by atoms with Crippen LogP contribution in [0.5, 0.6) is 5.75 Å². The Labute approximate surface area is 198 Å². The Balaban J connectivity index is 1.72. The lowest BCUT2D eigenvalue weighted by Crippen LogP contribution is -2.44. The number of methoxy groups -OCH3 is 1. The van der Waals surface area contributed by atoms with Gasteiger partial charge in [0.05, 0.1) is 12.8 Å². The Morgan fingerprint density at radius 3 is 2.56 bits per heavy atom. The molecule has 4 aromatic rings. The van der Waals surface area contributed by atoms with E-state index in [1.807, 2.05) is 35.9 Å². The molecule has 2 heterocycles. The number of rotatable bonds is 4. The van der Waals surface area contributed by atoms with Gasteiger partial charge in [0.25, 0.3) is 11.5 Å². The second-order valence-electron chi connectivity index (χ2n) is 9.41. The van der Waals surface area contributed by atoms with Gasteiger partial charge in [0, 0.05) is 29.4 Å². The molecule has 1 saturated carbocycles. The quantitative estimate of drug-likeness (QED) is 0.490. The molecular weight excluding hydrogens is 428 g/mol. The summed E-state index contributed by atoms with van der Waals surface area (Å²) in [6.45, 7) is 4.45. The average Bonchev–Trinajstić information content (AvgIpc) is 3.15. The van der Waals surface area contributed by atoms with Gasteiger partial charge in [-0.3, -0.25) is 9.59 Å². The molecule has 0 bridgehead atoms. The van der Waals surface area contributed by atoms with Crippen molar-refractivity contribution in [1.82, 2.24) is 19.7 Å². The highest BCUT2D eigenvalue weighted by Crippen LogP contribution is 2.31. The topological polar surface area (TPSA) is 78.2 Å². The molecule has 7 heteroatoms. The van der Waals surface area contributed by atoms with Gasteiger partial charge in [0.1, 0.15) is 11.3 Å². The van der Waals surface area contributed by atoms with Crippen LogP contribution in [0, 0.1) is 11.8 Å². The van der Waals surface area contributed by atoms with Crippen LogP contribution in [-0.4, -0.2) is 33.4 Å². The van der Waals surface area contributed by atoms with E-state index < -0.39 is 0 Å². The molecule has 0 saturated heterocycles. The number of hydrogen-bond acceptors (Lipinski definition) is 4. The lowest BCUT2D eigenvalue weighted by Gasteiger charge is -2.34. The number of benzene rings is 2. The van der Waals surface area contributed by atoms with Crippen LogP contribution in [0.3, 0.4) is 0 Å². The van der Waals surface area contributed by atoms with Crippen molar-refractivity contribution in [3.63, 3.8) is 0 Å². The van der Waals surface area contributed by atoms with Crippen molar-refractivity contribution in [2.24, 2.45) is 18.9 Å². The van der Waals surface area contributed by atoms with Crippen molar-refractivity contribution in [2.75, 3.05) is 7.11 Å². The molecule has 1 amide bonds. The summed E-state index contributed by atoms with van der Waals surface area (Å²) in [4.78, 5) is 27.4. The Hall–Kier alpha value is -3.61. The van der Waals surface area contributed by atoms with Gasteiger partial charge in [-0.2, -0.15) is 9.78 Å². The molecular formula is C27H30N4O3. The second-order valence-corrected chi connectivity index (χ2v) is 9.41. The third-order valence-electron chi connectivity index (χ3n) is 7.49. The van der Waals surface area contributed by atoms with E-state index in [2.05, 4.69) is 24.3 Å². The van der Waals surface area contributed by atoms with E-state index in [4.69, 9.17) is 4.74 Å². The molecule has 1 aliphatic carbocycles. The van der Waals surface area contributed by atoms with Crippen molar-refractivity contribution in [1.29, 1.82) is 0 Å². The fourth-order valence-corrected chi connectivity index (χ4v) is 5.26. The average molecular weight is 459 g/mol. The molecule has 34 heavy (non-hydrogen) atoms. The number of nitrogens with zero attached hydrogens (tertiary/aromatic N) is 3. The summed E-state index contributed by atoms with van der Waals surface area (Å²) in [6.07, 6.45) is 3.23. The van der Waals surface area contributed by atoms with E-state index in [1.54, 1.807) is 31.4 Å². The minimum absolute atomic E-state index is 0.0874. The maximum absolute atomic E-state index is 13.7. The van der Waals surface area contributed by atoms with Gasteiger partial charge in [0.2, 0.25) is 0 Å². The highest BCUT2D eigenvalue weighted by atomic mass is 16.5. The van der Waals surface area contributed by atoms with Gasteiger partial charge in [-0.05, 0) is 48.6 Å². The van der Waals surface area contributed by atoms with Gasteiger partial charge >= 0.3 is 0 Å². The Morgan fingerprint density at radius 2 is 1.82 bits per heavy atom. The van der Waals surface area contributed by atoms with Gasteiger partial charge < -0.3 is 14.6 Å². The van der Waals surface area contributed by atoms with Crippen molar-refractivity contribution >= 4 is 27.7 Å². The molecule has 1 aliphatic rings. The number of carbonyl (C=O) groups excluding carboxylic acids is 1. The Bertz CT molecular complexity index is 1430. The van der Waals surface area contributed by atoms with Crippen LogP contribution in [0.4, 0.5) is 0 Å². The third-order valence-corrected chi connectivity index (χ3v) is 7.49. The molecule has 5 rings (SSSR count). The minimum Gasteiger partial charge on any atom is -0.497 e. The molecule has 1 fully saturated rings. The van der Waals surface area contributed by atoms with Crippen LogP contribution >= 0.6 is 0 Å². The number of hydrogen-bond donors (Lipinski definition) is 1. The molecule has 0 aliphatic heterocycles. The van der Waals surface area contributed by atoms with Crippen LogP contribution in [-0.2, 0) is 7.05 Å². The fourth-order valence-electron chi connectivity index (χ4n) is 5.26. The summed E-state index contributed by atoms with van der Waals surface area (Å²) in [6, 6.07) is 14.9. The van der Waals surface area contributed by atoms with Crippen LogP contribution in [0.15, 0.2) is 53.3 Å². The molecule has 2 aromatic heterocycles. The van der Waals surface area contributed by atoms with Crippen molar-refractivity contribution in [3.05, 3.63) is 64.6 Å². The standard InChI is InChI=1S/C27H30N4O3/c1-16-8-7-10-21(17(16)2)28-26(32)24-23-20-9-5-6-11-22(20)30(3)25(23)27(33)31(29-24)18-12-14-19(34-4)15-13-18/h5-6,9,11-17,21H,7-8,10H2,1-4H3,(H,28,32)/t16-,17-,21+/m0/s1. The Kier molecular flexibility index (Phi) is 5.63. The first-order chi connectivity index (χ1) is 16.4. The number of fused-ring (bicyclic) bond motifs is 3. The largest absolute Gasteiger partial charge is 0.497 e. The number of amides is 1. The van der Waals surface area contributed by atoms with Crippen LogP contribution in [0.25, 0.3) is 27.5 Å². The van der Waals surface area contributed by atoms with Crippen molar-refractivity contribution in [3.8, 4) is 11.4 Å². The first-order valence-electron chi connectivity index (χ1n) is 11.9. The SMILES string of the molecule is COc1ccc(-n2nc(C(=O)N[C@@H]3CCC[C@H](C)[C@@H]3C)c3c4ccccc4n(C)c3c2=O)cc1. The van der Waals surface area contributed by atoms with Crippen LogP contribution in [0.2, 0.25) is 0 Å². The smallest absolute Gasteiger partial charge is 0.296 e. The zero-order chi connectivity index (χ0) is 24.0. The monoisotopic (exact) mass is 458 g/mol. The van der Waals surface area contributed by atoms with Crippen molar-refractivity contribution < 1.29 is 9.53 Å². The van der Waals surface area contributed by atoms with Crippen molar-refractivity contribution in [2.45, 2.75) is 39.2 Å². The van der Waals surface area contributed by atoms with Gasteiger partial charge in [0.15, 0.2) is 5.69 Å². The molecule has 7 nitrogen and oxygen atoms in total. The first kappa shape index (κ1) is 22.2. The summed E-state index contributed by atoms with van der Waals surface area (Å²) in [5.41, 5.74) is 1.93. The number of carbonyl (C=O) groups is 1. The minimum atomic E-state index is -0.268. The molecule has 3 atom stereocenters. The highest BCUT2D eigenvalue weighted by Gasteiger charge is 2.30. The van der Waals surface area contributed by atoms with E-state index >= 15 is 0 Å². The first-order valence-corrected chi connectivity index (χ1v) is 11.9. The predicted molar refractivity (Wildman–Crippen MR) is 134 cm³/mol. The summed E-state index contributed by atoms with van der Waals surface area (Å²) < 4.78 is 8.43. The summed E-state index contributed by atoms with van der Waals surface area (Å²) in [5, 5.41) is 9.34. The zero-order valence-electron chi connectivity index (χ0n) is 20.0. The van der Waals surface area contributed by atoms with E-state index in [9.17, 15) is 9.59 Å². The summed E-state index contributed by atoms with van der Waals surface area (Å²) in [5.74, 6) is 1.38. The van der Waals surface area contributed by atoms with Gasteiger partial charge in [-0.15, -0.1) is 0 Å². The summed E-state index contributed by atoms with van der Waals surface area (Å²) >= 11 is 0. The molecule has 176 valence electrons. The predicted octanol–water partition coefficient (Wildman–Crippen LogP) is 4.44. The highest BCUT2D eigenvalue weighted by molar-refractivity contribution is 6.16. The number of ether oxygens (including phenoxy) is 1. The Morgan fingerprint density at radius 1 is 1.09 bits per heavy atom. The summed E-state index contributed by atoms with van der Waals surface area (Å²) in [7, 11) is 3.45. The van der Waals surface area contributed by atoms with E-state index in [0.29, 0.717) is 34.2 Å². The number of nitrogens with one attached hydrogen (secondary N) is 1. The zero-order valence-corrected chi connectivity index (χ0v) is 20.0. The van der Waals surface area contributed by atoms with E-state index in [1.165, 1.54) is 11.1 Å². The molecule has 0 unspecified atom stereocenters. The van der Waals surface area contributed by atoms with Gasteiger partial charge in [-0.25, -0.2) is 0 Å². The molecule has 0 radical (unpaired) electrons. The third kappa shape index (κ3) is 3.56. The van der Waals surface area contributed by atoms with Crippen LogP contribution < -0.4 is 15.6 Å². The number of para-hydroxylation sites is 1. The van der Waals surface area contributed by atoms with E-state index in [-0.39, 0.29) is 23.2 Å². The van der Waals surface area contributed by atoms with E-state index in [0.717, 1.165) is 23.7 Å². The van der Waals surface area contributed by atoms with Gasteiger partial charge in [-0.1, -0.05) is 44.9 Å². The number of aromatic nitrogens is 3. The normalized spacial score (nSPS) is 20.5. The fraction of sp³-hybridized carbons (Fsp3) is 0.370. The second kappa shape index (κ2) is 8.63. The lowest BCUT2D eigenvalue weighted by molar-refractivity contribution is 0.0886. The maximum Gasteiger partial charge on any atom is 0.296 e. The lowest BCUT2D eigenvalue weighted by atomic mass is 9.78. The number of aryl methyl sites for hydroxylation is 1. The maximum atomic E-state index is 13.7. The molecule has 1 N–H and O–H groups in total. The molecule has 0 spiro atoms. The van der Waals surface area contributed by atoms with Crippen LogP contribution in [0.1, 0.15) is 43.6 Å².